The zero-order valence-corrected chi connectivity index (χ0v) is 11.4. The summed E-state index contributed by atoms with van der Waals surface area (Å²) in [7, 11) is 0. The van der Waals surface area contributed by atoms with Crippen LogP contribution in [0.15, 0.2) is 0 Å². The van der Waals surface area contributed by atoms with Crippen LogP contribution in [-0.4, -0.2) is 35.6 Å². The van der Waals surface area contributed by atoms with Crippen LogP contribution in [0.5, 0.6) is 0 Å². The van der Waals surface area contributed by atoms with Gasteiger partial charge in [0.15, 0.2) is 0 Å². The van der Waals surface area contributed by atoms with E-state index in [1.165, 1.54) is 38.8 Å². The molecule has 3 atom stereocenters. The summed E-state index contributed by atoms with van der Waals surface area (Å²) < 4.78 is 0. The Labute approximate surface area is 101 Å². The number of hydrogen-bond acceptors (Lipinski definition) is 2. The Bertz CT molecular complexity index is 237. The van der Waals surface area contributed by atoms with Crippen molar-refractivity contribution in [3.05, 3.63) is 0 Å². The smallest absolute Gasteiger partial charge is 0.0306 e. The van der Waals surface area contributed by atoms with Crippen molar-refractivity contribution >= 4 is 0 Å². The van der Waals surface area contributed by atoms with Gasteiger partial charge in [-0.1, -0.05) is 13.8 Å². The fourth-order valence-corrected chi connectivity index (χ4v) is 3.02. The quantitative estimate of drug-likeness (QED) is 0.790. The van der Waals surface area contributed by atoms with Crippen LogP contribution in [0.25, 0.3) is 0 Å². The first-order chi connectivity index (χ1) is 7.60. The molecule has 1 N–H and O–H groups in total. The molecule has 0 amide bonds. The van der Waals surface area contributed by atoms with Crippen molar-refractivity contribution in [1.29, 1.82) is 0 Å². The minimum Gasteiger partial charge on any atom is -0.311 e. The summed E-state index contributed by atoms with van der Waals surface area (Å²) >= 11 is 0. The number of hydrogen-bond donors (Lipinski definition) is 1. The molecule has 0 aromatic heterocycles. The molecule has 94 valence electrons. The summed E-state index contributed by atoms with van der Waals surface area (Å²) in [4.78, 5) is 2.77. The lowest BCUT2D eigenvalue weighted by Crippen LogP contribution is -2.65. The van der Waals surface area contributed by atoms with E-state index in [1.807, 2.05) is 0 Å². The third kappa shape index (κ3) is 2.28. The van der Waals surface area contributed by atoms with Crippen molar-refractivity contribution in [2.45, 2.75) is 71.0 Å². The van der Waals surface area contributed by atoms with Crippen LogP contribution in [0, 0.1) is 5.92 Å². The Hall–Kier alpha value is -0.0800. The maximum Gasteiger partial charge on any atom is 0.0306 e. The van der Waals surface area contributed by atoms with E-state index in [1.54, 1.807) is 0 Å². The van der Waals surface area contributed by atoms with E-state index in [2.05, 4.69) is 37.9 Å². The Kier molecular flexibility index (Phi) is 3.60. The van der Waals surface area contributed by atoms with E-state index in [9.17, 15) is 0 Å². The van der Waals surface area contributed by atoms with Gasteiger partial charge in [0.05, 0.1) is 0 Å². The predicted octanol–water partition coefficient (Wildman–Crippen LogP) is 2.64. The largest absolute Gasteiger partial charge is 0.311 e. The summed E-state index contributed by atoms with van der Waals surface area (Å²) in [5.41, 5.74) is 0.376. The van der Waals surface area contributed by atoms with Gasteiger partial charge in [0, 0.05) is 30.7 Å². The molecule has 1 saturated heterocycles. The van der Waals surface area contributed by atoms with E-state index in [0.717, 1.165) is 18.0 Å². The Morgan fingerprint density at radius 3 is 2.56 bits per heavy atom. The molecule has 0 bridgehead atoms. The molecule has 0 radical (unpaired) electrons. The van der Waals surface area contributed by atoms with Crippen molar-refractivity contribution in [1.82, 2.24) is 10.2 Å². The Morgan fingerprint density at radius 1 is 1.38 bits per heavy atom. The maximum atomic E-state index is 3.79. The molecule has 2 rings (SSSR count). The fourth-order valence-electron chi connectivity index (χ4n) is 3.02. The lowest BCUT2D eigenvalue weighted by atomic mass is 9.89. The fraction of sp³-hybridized carbons (Fsp3) is 1.00. The molecule has 0 spiro atoms. The molecule has 2 fully saturated rings. The summed E-state index contributed by atoms with van der Waals surface area (Å²) in [6.45, 7) is 11.9. The lowest BCUT2D eigenvalue weighted by Gasteiger charge is -2.51. The highest BCUT2D eigenvalue weighted by Gasteiger charge is 2.42. The van der Waals surface area contributed by atoms with E-state index in [-0.39, 0.29) is 0 Å². The molecule has 16 heavy (non-hydrogen) atoms. The summed E-state index contributed by atoms with van der Waals surface area (Å²) in [5.74, 6) is 0.980. The molecule has 0 aromatic rings. The van der Waals surface area contributed by atoms with Gasteiger partial charge >= 0.3 is 0 Å². The van der Waals surface area contributed by atoms with Gasteiger partial charge in [0.2, 0.25) is 0 Å². The van der Waals surface area contributed by atoms with Crippen LogP contribution in [0.2, 0.25) is 0 Å². The molecule has 2 aliphatic rings. The van der Waals surface area contributed by atoms with Crippen molar-refractivity contribution in [3.8, 4) is 0 Å². The molecular weight excluding hydrogens is 196 g/mol. The SMILES string of the molecule is CCC(C)N1CC(C2CC2)NCC1(C)CC. The standard InChI is InChI=1S/C14H28N2/c1-5-11(3)16-9-13(12-7-8-12)15-10-14(16,4)6-2/h11-13,15H,5-10H2,1-4H3. The third-order valence-corrected chi connectivity index (χ3v) is 4.91. The van der Waals surface area contributed by atoms with Crippen molar-refractivity contribution in [2.24, 2.45) is 5.92 Å². The van der Waals surface area contributed by atoms with E-state index in [0.29, 0.717) is 5.54 Å². The molecule has 2 heteroatoms. The van der Waals surface area contributed by atoms with Crippen LogP contribution in [0.1, 0.15) is 53.4 Å². The molecule has 1 aliphatic heterocycles. The summed E-state index contributed by atoms with van der Waals surface area (Å²) in [6, 6.07) is 1.50. The zero-order chi connectivity index (χ0) is 11.8. The highest BCUT2D eigenvalue weighted by molar-refractivity contribution is 5.01. The number of nitrogens with one attached hydrogen (secondary N) is 1. The van der Waals surface area contributed by atoms with Gasteiger partial charge in [-0.15, -0.1) is 0 Å². The first kappa shape index (κ1) is 12.4. The van der Waals surface area contributed by atoms with Gasteiger partial charge < -0.3 is 5.32 Å². The van der Waals surface area contributed by atoms with Gasteiger partial charge in [0.1, 0.15) is 0 Å². The van der Waals surface area contributed by atoms with Gasteiger partial charge in [-0.3, -0.25) is 4.90 Å². The lowest BCUT2D eigenvalue weighted by molar-refractivity contribution is 0.0109. The van der Waals surface area contributed by atoms with Crippen LogP contribution in [-0.2, 0) is 0 Å². The highest BCUT2D eigenvalue weighted by atomic mass is 15.3. The van der Waals surface area contributed by atoms with Crippen molar-refractivity contribution < 1.29 is 0 Å². The van der Waals surface area contributed by atoms with Gasteiger partial charge in [-0.05, 0) is 45.4 Å². The molecule has 3 unspecified atom stereocenters. The topological polar surface area (TPSA) is 15.3 Å². The van der Waals surface area contributed by atoms with Crippen LogP contribution >= 0.6 is 0 Å². The second-order valence-electron chi connectivity index (χ2n) is 6.08. The molecule has 0 aromatic carbocycles. The number of rotatable bonds is 4. The Morgan fingerprint density at radius 2 is 2.06 bits per heavy atom. The molecule has 2 nitrogen and oxygen atoms in total. The monoisotopic (exact) mass is 224 g/mol. The molecule has 1 saturated carbocycles. The van der Waals surface area contributed by atoms with Crippen molar-refractivity contribution in [2.75, 3.05) is 13.1 Å². The number of piperazine rings is 1. The van der Waals surface area contributed by atoms with Crippen molar-refractivity contribution in [3.63, 3.8) is 0 Å². The first-order valence-corrected chi connectivity index (χ1v) is 7.11. The average molecular weight is 224 g/mol. The predicted molar refractivity (Wildman–Crippen MR) is 69.7 cm³/mol. The minimum absolute atomic E-state index is 0.376. The molecular formula is C14H28N2. The summed E-state index contributed by atoms with van der Waals surface area (Å²) in [6.07, 6.45) is 5.43. The minimum atomic E-state index is 0.376. The Balaban J connectivity index is 2.05. The molecule has 1 heterocycles. The maximum absolute atomic E-state index is 3.79. The normalized spacial score (nSPS) is 38.6. The van der Waals surface area contributed by atoms with Gasteiger partial charge in [-0.2, -0.15) is 0 Å². The van der Waals surface area contributed by atoms with E-state index < -0.39 is 0 Å². The zero-order valence-electron chi connectivity index (χ0n) is 11.4. The molecule has 1 aliphatic carbocycles. The van der Waals surface area contributed by atoms with Gasteiger partial charge in [0.25, 0.3) is 0 Å². The first-order valence-electron chi connectivity index (χ1n) is 7.11. The highest BCUT2D eigenvalue weighted by Crippen LogP contribution is 2.37. The average Bonchev–Trinajstić information content (AvgIpc) is 3.12. The van der Waals surface area contributed by atoms with Gasteiger partial charge in [-0.25, -0.2) is 0 Å². The van der Waals surface area contributed by atoms with E-state index in [4.69, 9.17) is 0 Å². The number of nitrogens with zero attached hydrogens (tertiary/aromatic N) is 1. The van der Waals surface area contributed by atoms with E-state index >= 15 is 0 Å². The summed E-state index contributed by atoms with van der Waals surface area (Å²) in [5, 5.41) is 3.79. The van der Waals surface area contributed by atoms with Crippen LogP contribution < -0.4 is 5.32 Å². The third-order valence-electron chi connectivity index (χ3n) is 4.91. The van der Waals surface area contributed by atoms with Crippen LogP contribution in [0.4, 0.5) is 0 Å². The second-order valence-corrected chi connectivity index (χ2v) is 6.08. The second kappa shape index (κ2) is 4.66. The van der Waals surface area contributed by atoms with Crippen LogP contribution in [0.3, 0.4) is 0 Å².